The molecule has 0 amide bonds. The number of hydrogen-bond acceptors (Lipinski definition) is 2. The lowest BCUT2D eigenvalue weighted by molar-refractivity contribution is -0.235. The fourth-order valence-electron chi connectivity index (χ4n) is 0.763. The van der Waals surface area contributed by atoms with Gasteiger partial charge in [-0.25, -0.2) is 0 Å². The zero-order valence-electron chi connectivity index (χ0n) is 8.90. The predicted octanol–water partition coefficient (Wildman–Crippen LogP) is 3.49. The van der Waals surface area contributed by atoms with Gasteiger partial charge in [0.05, 0.1) is 12.7 Å². The summed E-state index contributed by atoms with van der Waals surface area (Å²) in [5, 5.41) is 0. The fourth-order valence-corrected chi connectivity index (χ4v) is 0.763. The van der Waals surface area contributed by atoms with E-state index in [1.54, 1.807) is 0 Å². The number of alkyl halides is 2. The van der Waals surface area contributed by atoms with Crippen molar-refractivity contribution >= 4 is 0 Å². The van der Waals surface area contributed by atoms with Crippen LogP contribution in [0.4, 0.5) is 22.0 Å². The van der Waals surface area contributed by atoms with Crippen molar-refractivity contribution in [2.75, 3.05) is 13.2 Å². The molecule has 16 heavy (non-hydrogen) atoms. The van der Waals surface area contributed by atoms with Gasteiger partial charge in [-0.1, -0.05) is 6.92 Å². The molecule has 0 aromatic carbocycles. The van der Waals surface area contributed by atoms with E-state index >= 15 is 0 Å². The topological polar surface area (TPSA) is 18.5 Å². The number of rotatable bonds is 7. The summed E-state index contributed by atoms with van der Waals surface area (Å²) in [6.07, 6.45) is -7.75. The van der Waals surface area contributed by atoms with Crippen molar-refractivity contribution < 1.29 is 31.4 Å². The van der Waals surface area contributed by atoms with Gasteiger partial charge in [0.15, 0.2) is 0 Å². The minimum Gasteiger partial charge on any atom is -0.376 e. The van der Waals surface area contributed by atoms with Crippen LogP contribution in [0.15, 0.2) is 11.9 Å². The fraction of sp³-hybridized carbons (Fsp3) is 0.778. The van der Waals surface area contributed by atoms with Gasteiger partial charge < -0.3 is 9.47 Å². The van der Waals surface area contributed by atoms with E-state index in [-0.39, 0.29) is 0 Å². The van der Waals surface area contributed by atoms with Crippen molar-refractivity contribution in [3.8, 4) is 0 Å². The van der Waals surface area contributed by atoms with Crippen LogP contribution in [-0.2, 0) is 9.47 Å². The highest BCUT2D eigenvalue weighted by Gasteiger charge is 2.41. The van der Waals surface area contributed by atoms with Crippen molar-refractivity contribution in [3.63, 3.8) is 0 Å². The number of ether oxygens (including phenoxy) is 2. The molecular formula is C9H13F5O2. The Bertz CT molecular complexity index is 238. The summed E-state index contributed by atoms with van der Waals surface area (Å²) in [7, 11) is 0. The first-order chi connectivity index (χ1) is 7.31. The maximum Gasteiger partial charge on any atom is 0.414 e. The molecule has 0 heterocycles. The van der Waals surface area contributed by atoms with E-state index in [1.165, 1.54) is 6.92 Å². The van der Waals surface area contributed by atoms with Crippen LogP contribution >= 0.6 is 0 Å². The normalized spacial score (nSPS) is 13.7. The molecule has 0 saturated heterocycles. The molecule has 0 aliphatic heterocycles. The zero-order chi connectivity index (χ0) is 12.8. The van der Waals surface area contributed by atoms with E-state index in [4.69, 9.17) is 4.74 Å². The maximum absolute atomic E-state index is 12.6. The molecule has 0 aromatic heterocycles. The van der Waals surface area contributed by atoms with Crippen LogP contribution in [0.1, 0.15) is 20.3 Å². The quantitative estimate of drug-likeness (QED) is 0.642. The molecule has 0 aromatic rings. The van der Waals surface area contributed by atoms with Gasteiger partial charge in [0.25, 0.3) is 5.83 Å². The summed E-state index contributed by atoms with van der Waals surface area (Å²) in [5.41, 5.74) is 0. The molecule has 0 bridgehead atoms. The van der Waals surface area contributed by atoms with E-state index in [0.29, 0.717) is 13.0 Å². The van der Waals surface area contributed by atoms with E-state index in [0.717, 1.165) is 0 Å². The third-order valence-corrected chi connectivity index (χ3v) is 1.53. The van der Waals surface area contributed by atoms with Crippen LogP contribution in [0.25, 0.3) is 0 Å². The Labute approximate surface area is 90.0 Å². The summed E-state index contributed by atoms with van der Waals surface area (Å²) in [5.74, 6) is -2.87. The van der Waals surface area contributed by atoms with Gasteiger partial charge in [0.2, 0.25) is 0 Å². The summed E-state index contributed by atoms with van der Waals surface area (Å²) in [6.45, 7) is 2.88. The third-order valence-electron chi connectivity index (χ3n) is 1.53. The molecule has 1 atom stereocenters. The Kier molecular flexibility index (Phi) is 6.51. The molecule has 0 N–H and O–H groups in total. The molecule has 1 unspecified atom stereocenters. The minimum atomic E-state index is -4.61. The van der Waals surface area contributed by atoms with E-state index in [1.807, 2.05) is 6.92 Å². The van der Waals surface area contributed by atoms with Crippen LogP contribution in [0, 0.1) is 0 Å². The molecule has 0 aliphatic carbocycles. The first kappa shape index (κ1) is 15.3. The highest BCUT2D eigenvalue weighted by molar-refractivity contribution is 4.99. The van der Waals surface area contributed by atoms with Crippen molar-refractivity contribution in [3.05, 3.63) is 11.9 Å². The van der Waals surface area contributed by atoms with Crippen molar-refractivity contribution in [1.29, 1.82) is 0 Å². The van der Waals surface area contributed by atoms with Crippen molar-refractivity contribution in [2.45, 2.75) is 32.5 Å². The summed E-state index contributed by atoms with van der Waals surface area (Å²) < 4.78 is 69.2. The summed E-state index contributed by atoms with van der Waals surface area (Å²) in [4.78, 5) is 0. The van der Waals surface area contributed by atoms with Gasteiger partial charge in [0, 0.05) is 6.61 Å². The standard InChI is InChI=1S/C9H13F5O2/c1-3-4-15-6(2)5-16-9(13,14)7(10)8(11)12/h6H,3-5H2,1-2H3. The van der Waals surface area contributed by atoms with Crippen LogP contribution in [0.2, 0.25) is 0 Å². The highest BCUT2D eigenvalue weighted by Crippen LogP contribution is 2.30. The van der Waals surface area contributed by atoms with Crippen LogP contribution in [0.3, 0.4) is 0 Å². The van der Waals surface area contributed by atoms with Crippen molar-refractivity contribution in [2.24, 2.45) is 0 Å². The van der Waals surface area contributed by atoms with Crippen LogP contribution in [0.5, 0.6) is 0 Å². The molecule has 0 spiro atoms. The molecule has 0 radical (unpaired) electrons. The van der Waals surface area contributed by atoms with E-state index in [2.05, 4.69) is 4.74 Å². The average molecular weight is 248 g/mol. The largest absolute Gasteiger partial charge is 0.414 e. The monoisotopic (exact) mass is 248 g/mol. The van der Waals surface area contributed by atoms with E-state index < -0.39 is 30.7 Å². The Hall–Kier alpha value is -0.690. The summed E-state index contributed by atoms with van der Waals surface area (Å²) in [6, 6.07) is 0. The lowest BCUT2D eigenvalue weighted by atomic mass is 10.4. The average Bonchev–Trinajstić information content (AvgIpc) is 2.22. The number of halogens is 5. The third kappa shape index (κ3) is 5.41. The molecule has 96 valence electrons. The molecule has 7 heteroatoms. The molecule has 0 rings (SSSR count). The molecule has 0 saturated carbocycles. The second kappa shape index (κ2) is 6.80. The van der Waals surface area contributed by atoms with Gasteiger partial charge in [-0.15, -0.1) is 0 Å². The zero-order valence-corrected chi connectivity index (χ0v) is 8.90. The van der Waals surface area contributed by atoms with Gasteiger partial charge >= 0.3 is 12.2 Å². The smallest absolute Gasteiger partial charge is 0.376 e. The lowest BCUT2D eigenvalue weighted by Gasteiger charge is -2.18. The molecular weight excluding hydrogens is 235 g/mol. The van der Waals surface area contributed by atoms with Gasteiger partial charge in [-0.2, -0.15) is 22.0 Å². The molecule has 2 nitrogen and oxygen atoms in total. The Morgan fingerprint density at radius 1 is 1.25 bits per heavy atom. The Morgan fingerprint density at radius 3 is 2.25 bits per heavy atom. The lowest BCUT2D eigenvalue weighted by Crippen LogP contribution is -2.28. The van der Waals surface area contributed by atoms with Crippen molar-refractivity contribution in [1.82, 2.24) is 0 Å². The van der Waals surface area contributed by atoms with Crippen LogP contribution < -0.4 is 0 Å². The Balaban J connectivity index is 4.14. The molecule has 0 fully saturated rings. The second-order valence-corrected chi connectivity index (χ2v) is 3.08. The minimum absolute atomic E-state index is 0.325. The summed E-state index contributed by atoms with van der Waals surface area (Å²) >= 11 is 0. The predicted molar refractivity (Wildman–Crippen MR) is 47.0 cm³/mol. The SMILES string of the molecule is CCCOC(C)COC(F)(F)C(F)=C(F)F. The van der Waals surface area contributed by atoms with E-state index in [9.17, 15) is 22.0 Å². The number of hydrogen-bond donors (Lipinski definition) is 0. The Morgan fingerprint density at radius 2 is 1.81 bits per heavy atom. The first-order valence-corrected chi connectivity index (χ1v) is 4.65. The van der Waals surface area contributed by atoms with Gasteiger partial charge in [-0.3, -0.25) is 0 Å². The second-order valence-electron chi connectivity index (χ2n) is 3.08. The maximum atomic E-state index is 12.6. The van der Waals surface area contributed by atoms with Gasteiger partial charge in [-0.05, 0) is 13.3 Å². The highest BCUT2D eigenvalue weighted by atomic mass is 19.3. The molecule has 0 aliphatic rings. The van der Waals surface area contributed by atoms with Crippen LogP contribution in [-0.4, -0.2) is 25.4 Å². The first-order valence-electron chi connectivity index (χ1n) is 4.65. The van der Waals surface area contributed by atoms with Gasteiger partial charge in [0.1, 0.15) is 0 Å².